The Morgan fingerprint density at radius 2 is 2.06 bits per heavy atom. The molecule has 0 radical (unpaired) electrons. The van der Waals surface area contributed by atoms with Gasteiger partial charge in [-0.05, 0) is 24.0 Å². The van der Waals surface area contributed by atoms with Gasteiger partial charge in [0.1, 0.15) is 0 Å². The average molecular weight is 245 g/mol. The minimum Gasteiger partial charge on any atom is -0.361 e. The lowest BCUT2D eigenvalue weighted by Gasteiger charge is -2.22. The van der Waals surface area contributed by atoms with Crippen LogP contribution in [0, 0.1) is 5.92 Å². The van der Waals surface area contributed by atoms with Crippen LogP contribution in [0.1, 0.15) is 19.4 Å². The van der Waals surface area contributed by atoms with Crippen molar-refractivity contribution in [1.29, 1.82) is 0 Å². The van der Waals surface area contributed by atoms with Gasteiger partial charge < -0.3 is 16.0 Å². The molecule has 3 nitrogen and oxygen atoms in total. The highest BCUT2D eigenvalue weighted by Gasteiger charge is 2.15. The number of aromatic nitrogens is 1. The van der Waals surface area contributed by atoms with Crippen LogP contribution in [0.3, 0.4) is 0 Å². The first kappa shape index (κ1) is 13.1. The van der Waals surface area contributed by atoms with E-state index >= 15 is 0 Å². The van der Waals surface area contributed by atoms with Gasteiger partial charge in [0.2, 0.25) is 0 Å². The van der Waals surface area contributed by atoms with E-state index < -0.39 is 0 Å². The van der Waals surface area contributed by atoms with Crippen molar-refractivity contribution in [1.82, 2.24) is 10.3 Å². The summed E-state index contributed by atoms with van der Waals surface area (Å²) in [7, 11) is 0. The van der Waals surface area contributed by atoms with Gasteiger partial charge in [0.25, 0.3) is 0 Å². The third-order valence-electron chi connectivity index (χ3n) is 3.47. The molecule has 4 N–H and O–H groups in total. The van der Waals surface area contributed by atoms with Gasteiger partial charge in [-0.25, -0.2) is 0 Å². The maximum Gasteiger partial charge on any atom is 0.0456 e. The van der Waals surface area contributed by atoms with Gasteiger partial charge in [0, 0.05) is 36.2 Å². The summed E-state index contributed by atoms with van der Waals surface area (Å²) < 4.78 is 0. The third-order valence-corrected chi connectivity index (χ3v) is 3.47. The number of rotatable bonds is 6. The molecule has 0 saturated carbocycles. The molecule has 0 saturated heterocycles. The van der Waals surface area contributed by atoms with Crippen molar-refractivity contribution in [3.05, 3.63) is 36.0 Å². The Hall–Kier alpha value is -1.32. The first-order chi connectivity index (χ1) is 8.72. The zero-order valence-electron chi connectivity index (χ0n) is 11.2. The lowest BCUT2D eigenvalue weighted by molar-refractivity contribution is 0.402. The third kappa shape index (κ3) is 2.92. The molecule has 0 amide bonds. The first-order valence-corrected chi connectivity index (χ1v) is 6.71. The van der Waals surface area contributed by atoms with E-state index in [1.54, 1.807) is 0 Å². The molecule has 0 spiro atoms. The zero-order chi connectivity index (χ0) is 13.0. The predicted octanol–water partition coefficient (Wildman–Crippen LogP) is 2.28. The highest BCUT2D eigenvalue weighted by atomic mass is 14.9. The molecule has 1 heterocycles. The second-order valence-electron chi connectivity index (χ2n) is 5.16. The number of aromatic amines is 1. The summed E-state index contributed by atoms with van der Waals surface area (Å²) in [5, 5.41) is 4.86. The summed E-state index contributed by atoms with van der Waals surface area (Å²) in [6, 6.07) is 8.94. The SMILES string of the molecule is CC(C)C(Cc1c[nH]c2ccccc12)NCCN. The molecule has 0 bridgehead atoms. The van der Waals surface area contributed by atoms with Gasteiger partial charge in [-0.1, -0.05) is 32.0 Å². The monoisotopic (exact) mass is 245 g/mol. The van der Waals surface area contributed by atoms with E-state index in [-0.39, 0.29) is 0 Å². The van der Waals surface area contributed by atoms with Crippen LogP contribution in [0.15, 0.2) is 30.5 Å². The van der Waals surface area contributed by atoms with Crippen LogP contribution in [-0.2, 0) is 6.42 Å². The molecule has 0 fully saturated rings. The summed E-state index contributed by atoms with van der Waals surface area (Å²) in [6.07, 6.45) is 3.17. The van der Waals surface area contributed by atoms with Crippen molar-refractivity contribution in [2.75, 3.05) is 13.1 Å². The quantitative estimate of drug-likeness (QED) is 0.731. The second-order valence-corrected chi connectivity index (χ2v) is 5.16. The van der Waals surface area contributed by atoms with Gasteiger partial charge in [-0.2, -0.15) is 0 Å². The lowest BCUT2D eigenvalue weighted by Crippen LogP contribution is -2.38. The highest BCUT2D eigenvalue weighted by molar-refractivity contribution is 5.83. The number of fused-ring (bicyclic) bond motifs is 1. The molecular formula is C15H23N3. The summed E-state index contributed by atoms with van der Waals surface area (Å²) in [6.45, 7) is 6.08. The number of para-hydroxylation sites is 1. The summed E-state index contributed by atoms with van der Waals surface area (Å²) in [5.74, 6) is 0.602. The molecule has 0 aliphatic rings. The van der Waals surface area contributed by atoms with E-state index in [9.17, 15) is 0 Å². The highest BCUT2D eigenvalue weighted by Crippen LogP contribution is 2.20. The molecule has 0 aliphatic carbocycles. The Kier molecular flexibility index (Phi) is 4.39. The van der Waals surface area contributed by atoms with E-state index in [1.165, 1.54) is 16.5 Å². The summed E-state index contributed by atoms with van der Waals surface area (Å²) in [4.78, 5) is 3.34. The van der Waals surface area contributed by atoms with Gasteiger partial charge in [-0.15, -0.1) is 0 Å². The molecule has 0 aliphatic heterocycles. The first-order valence-electron chi connectivity index (χ1n) is 6.71. The molecule has 1 aromatic carbocycles. The maximum absolute atomic E-state index is 5.57. The average Bonchev–Trinajstić information content (AvgIpc) is 2.77. The minimum absolute atomic E-state index is 0.479. The summed E-state index contributed by atoms with van der Waals surface area (Å²) >= 11 is 0. The fraction of sp³-hybridized carbons (Fsp3) is 0.467. The van der Waals surface area contributed by atoms with Crippen molar-refractivity contribution >= 4 is 10.9 Å². The minimum atomic E-state index is 0.479. The Morgan fingerprint density at radius 3 is 2.78 bits per heavy atom. The number of H-pyrrole nitrogens is 1. The normalized spacial score (nSPS) is 13.3. The van der Waals surface area contributed by atoms with Crippen LogP contribution in [0.5, 0.6) is 0 Å². The van der Waals surface area contributed by atoms with Crippen LogP contribution < -0.4 is 11.1 Å². The van der Waals surface area contributed by atoms with Crippen molar-refractivity contribution in [2.45, 2.75) is 26.3 Å². The van der Waals surface area contributed by atoms with E-state index in [0.717, 1.165) is 13.0 Å². The molecule has 1 unspecified atom stereocenters. The predicted molar refractivity (Wildman–Crippen MR) is 77.7 cm³/mol. The van der Waals surface area contributed by atoms with Crippen LogP contribution in [0.2, 0.25) is 0 Å². The topological polar surface area (TPSA) is 53.8 Å². The molecule has 18 heavy (non-hydrogen) atoms. The fourth-order valence-electron chi connectivity index (χ4n) is 2.35. The Labute approximate surface area is 109 Å². The van der Waals surface area contributed by atoms with E-state index in [4.69, 9.17) is 5.73 Å². The largest absolute Gasteiger partial charge is 0.361 e. The van der Waals surface area contributed by atoms with Crippen LogP contribution in [0.4, 0.5) is 0 Å². The van der Waals surface area contributed by atoms with Gasteiger partial charge in [0.15, 0.2) is 0 Å². The molecule has 1 aromatic heterocycles. The number of hydrogen-bond donors (Lipinski definition) is 3. The standard InChI is InChI=1S/C15H23N3/c1-11(2)15(17-8-7-16)9-12-10-18-14-6-4-3-5-13(12)14/h3-6,10-11,15,17-18H,7-9,16H2,1-2H3. The molecule has 3 heteroatoms. The molecular weight excluding hydrogens is 222 g/mol. The Morgan fingerprint density at radius 1 is 1.28 bits per heavy atom. The molecule has 1 atom stereocenters. The molecule has 98 valence electrons. The van der Waals surface area contributed by atoms with Crippen LogP contribution >= 0.6 is 0 Å². The number of nitrogens with two attached hydrogens (primary N) is 1. The maximum atomic E-state index is 5.57. The second kappa shape index (κ2) is 6.03. The number of hydrogen-bond acceptors (Lipinski definition) is 2. The number of benzene rings is 1. The van der Waals surface area contributed by atoms with Crippen molar-refractivity contribution in [3.63, 3.8) is 0 Å². The molecule has 2 aromatic rings. The van der Waals surface area contributed by atoms with E-state index in [0.29, 0.717) is 18.5 Å². The smallest absolute Gasteiger partial charge is 0.0456 e. The Bertz CT molecular complexity index is 487. The zero-order valence-corrected chi connectivity index (χ0v) is 11.2. The Balaban J connectivity index is 2.15. The fourth-order valence-corrected chi connectivity index (χ4v) is 2.35. The van der Waals surface area contributed by atoms with Crippen LogP contribution in [0.25, 0.3) is 10.9 Å². The van der Waals surface area contributed by atoms with Gasteiger partial charge >= 0.3 is 0 Å². The molecule has 2 rings (SSSR count). The van der Waals surface area contributed by atoms with Crippen LogP contribution in [-0.4, -0.2) is 24.1 Å². The number of nitrogens with one attached hydrogen (secondary N) is 2. The van der Waals surface area contributed by atoms with Crippen molar-refractivity contribution in [2.24, 2.45) is 11.7 Å². The van der Waals surface area contributed by atoms with Gasteiger partial charge in [0.05, 0.1) is 0 Å². The summed E-state index contributed by atoms with van der Waals surface area (Å²) in [5.41, 5.74) is 8.17. The van der Waals surface area contributed by atoms with Crippen molar-refractivity contribution in [3.8, 4) is 0 Å². The van der Waals surface area contributed by atoms with E-state index in [1.807, 2.05) is 0 Å². The van der Waals surface area contributed by atoms with E-state index in [2.05, 4.69) is 54.6 Å². The lowest BCUT2D eigenvalue weighted by atomic mass is 9.96. The van der Waals surface area contributed by atoms with Gasteiger partial charge in [-0.3, -0.25) is 0 Å². The van der Waals surface area contributed by atoms with Crippen molar-refractivity contribution < 1.29 is 0 Å².